The highest BCUT2D eigenvalue weighted by Crippen LogP contribution is 2.45. The summed E-state index contributed by atoms with van der Waals surface area (Å²) in [5, 5.41) is 22.0. The van der Waals surface area contributed by atoms with Crippen LogP contribution in [-0.2, 0) is 0 Å². The molecule has 2 fully saturated rings. The van der Waals surface area contributed by atoms with Crippen LogP contribution in [0.1, 0.15) is 39.5 Å². The molecule has 0 aromatic rings. The second-order valence-corrected chi connectivity index (χ2v) is 6.19. The summed E-state index contributed by atoms with van der Waals surface area (Å²) in [6.07, 6.45) is 6.32. The fourth-order valence-electron chi connectivity index (χ4n) is 3.10. The zero-order chi connectivity index (χ0) is 13.3. The minimum atomic E-state index is -1.29. The lowest BCUT2D eigenvalue weighted by Crippen LogP contribution is -2.44. The number of hydrogen-bond donors (Lipinski definition) is 3. The highest BCUT2D eigenvalue weighted by molar-refractivity contribution is 5.19. The lowest BCUT2D eigenvalue weighted by atomic mass is 9.73. The molecule has 3 nitrogen and oxygen atoms in total. The SMILES string of the molecule is CN[C@@H](C(O)O)[C@@H](C)/C(=C/[C@@H]1C[C@@H]1C)C1CCC1. The van der Waals surface area contributed by atoms with Crippen LogP contribution in [-0.4, -0.2) is 29.6 Å². The summed E-state index contributed by atoms with van der Waals surface area (Å²) < 4.78 is 0. The summed E-state index contributed by atoms with van der Waals surface area (Å²) in [4.78, 5) is 0. The summed E-state index contributed by atoms with van der Waals surface area (Å²) in [5.74, 6) is 2.44. The van der Waals surface area contributed by atoms with Crippen molar-refractivity contribution in [1.29, 1.82) is 0 Å². The van der Waals surface area contributed by atoms with E-state index < -0.39 is 6.29 Å². The van der Waals surface area contributed by atoms with Gasteiger partial charge in [-0.3, -0.25) is 0 Å². The molecule has 2 aliphatic rings. The molecule has 0 aromatic heterocycles. The van der Waals surface area contributed by atoms with Crippen molar-refractivity contribution >= 4 is 0 Å². The fourth-order valence-corrected chi connectivity index (χ4v) is 3.10. The van der Waals surface area contributed by atoms with Gasteiger partial charge in [-0.15, -0.1) is 0 Å². The molecule has 104 valence electrons. The lowest BCUT2D eigenvalue weighted by molar-refractivity contribution is -0.0751. The van der Waals surface area contributed by atoms with Crippen molar-refractivity contribution in [3.8, 4) is 0 Å². The third-order valence-electron chi connectivity index (χ3n) is 4.87. The van der Waals surface area contributed by atoms with Gasteiger partial charge >= 0.3 is 0 Å². The van der Waals surface area contributed by atoms with Crippen LogP contribution in [0.3, 0.4) is 0 Å². The Kier molecular flexibility index (Phi) is 4.46. The number of aliphatic hydroxyl groups excluding tert-OH is 1. The van der Waals surface area contributed by atoms with Crippen molar-refractivity contribution in [2.45, 2.75) is 51.9 Å². The molecule has 2 saturated carbocycles. The smallest absolute Gasteiger partial charge is 0.167 e. The molecule has 0 unspecified atom stereocenters. The maximum absolute atomic E-state index is 9.47. The van der Waals surface area contributed by atoms with Crippen molar-refractivity contribution in [3.63, 3.8) is 0 Å². The summed E-state index contributed by atoms with van der Waals surface area (Å²) in [6, 6.07) is -0.258. The normalized spacial score (nSPS) is 32.2. The Morgan fingerprint density at radius 1 is 1.33 bits per heavy atom. The number of allylic oxidation sites excluding steroid dienone is 1. The second kappa shape index (κ2) is 5.72. The van der Waals surface area contributed by atoms with Gasteiger partial charge in [0.25, 0.3) is 0 Å². The molecule has 0 aliphatic heterocycles. The van der Waals surface area contributed by atoms with Gasteiger partial charge in [-0.25, -0.2) is 0 Å². The number of likely N-dealkylation sites (N-methyl/N-ethyl adjacent to an activating group) is 1. The molecule has 3 heteroatoms. The van der Waals surface area contributed by atoms with Crippen molar-refractivity contribution < 1.29 is 10.2 Å². The topological polar surface area (TPSA) is 52.5 Å². The minimum Gasteiger partial charge on any atom is -0.367 e. The van der Waals surface area contributed by atoms with Crippen LogP contribution < -0.4 is 5.32 Å². The molecule has 0 bridgehead atoms. The first-order valence-corrected chi connectivity index (χ1v) is 7.29. The number of aliphatic hydroxyl groups is 2. The highest BCUT2D eigenvalue weighted by atomic mass is 16.5. The third kappa shape index (κ3) is 2.95. The quantitative estimate of drug-likeness (QED) is 0.500. The third-order valence-corrected chi connectivity index (χ3v) is 4.87. The van der Waals surface area contributed by atoms with Crippen LogP contribution in [0.4, 0.5) is 0 Å². The van der Waals surface area contributed by atoms with Gasteiger partial charge in [0.15, 0.2) is 6.29 Å². The van der Waals surface area contributed by atoms with E-state index in [-0.39, 0.29) is 12.0 Å². The van der Waals surface area contributed by atoms with Crippen molar-refractivity contribution in [1.82, 2.24) is 5.32 Å². The molecule has 2 aliphatic carbocycles. The van der Waals surface area contributed by atoms with Gasteiger partial charge in [0, 0.05) is 0 Å². The second-order valence-electron chi connectivity index (χ2n) is 6.19. The van der Waals surface area contributed by atoms with Gasteiger partial charge in [0.1, 0.15) is 0 Å². The summed E-state index contributed by atoms with van der Waals surface area (Å²) >= 11 is 0. The summed E-state index contributed by atoms with van der Waals surface area (Å²) in [6.45, 7) is 4.42. The van der Waals surface area contributed by atoms with Gasteiger partial charge < -0.3 is 15.5 Å². The van der Waals surface area contributed by atoms with E-state index in [0.29, 0.717) is 5.92 Å². The Morgan fingerprint density at radius 3 is 2.28 bits per heavy atom. The Hall–Kier alpha value is -0.380. The molecular formula is C15H27NO2. The van der Waals surface area contributed by atoms with Crippen molar-refractivity contribution in [2.75, 3.05) is 7.05 Å². The van der Waals surface area contributed by atoms with Crippen LogP contribution in [0.25, 0.3) is 0 Å². The highest BCUT2D eigenvalue weighted by Gasteiger charge is 2.36. The molecule has 18 heavy (non-hydrogen) atoms. The lowest BCUT2D eigenvalue weighted by Gasteiger charge is -2.36. The number of rotatable bonds is 6. The van der Waals surface area contributed by atoms with Crippen LogP contribution in [0.15, 0.2) is 11.6 Å². The van der Waals surface area contributed by atoms with Crippen molar-refractivity contribution in [2.24, 2.45) is 23.7 Å². The molecule has 0 radical (unpaired) electrons. The molecular weight excluding hydrogens is 226 g/mol. The Morgan fingerprint density at radius 2 is 1.94 bits per heavy atom. The molecule has 3 N–H and O–H groups in total. The van der Waals surface area contributed by atoms with E-state index in [4.69, 9.17) is 0 Å². The number of hydrogen-bond acceptors (Lipinski definition) is 3. The van der Waals surface area contributed by atoms with E-state index >= 15 is 0 Å². The van der Waals surface area contributed by atoms with Crippen molar-refractivity contribution in [3.05, 3.63) is 11.6 Å². The van der Waals surface area contributed by atoms with E-state index in [1.807, 2.05) is 0 Å². The zero-order valence-corrected chi connectivity index (χ0v) is 11.8. The van der Waals surface area contributed by atoms with E-state index in [1.54, 1.807) is 7.05 Å². The molecule has 0 spiro atoms. The summed E-state index contributed by atoms with van der Waals surface area (Å²) in [5.41, 5.74) is 1.46. The predicted octanol–water partition coefficient (Wildman–Crippen LogP) is 1.90. The first-order chi connectivity index (χ1) is 8.54. The standard InChI is InChI=1S/C15H27NO2/c1-9-7-12(9)8-13(11-5-4-6-11)10(2)14(16-3)15(17)18/h8-12,14-18H,4-7H2,1-3H3/b13-8-/t9-,10-,12-,14+/m0/s1. The maximum Gasteiger partial charge on any atom is 0.167 e. The van der Waals surface area contributed by atoms with Gasteiger partial charge in [0.2, 0.25) is 0 Å². The minimum absolute atomic E-state index is 0.202. The molecule has 2 rings (SSSR count). The van der Waals surface area contributed by atoms with Gasteiger partial charge in [-0.05, 0) is 50.0 Å². The van der Waals surface area contributed by atoms with Crippen LogP contribution in [0.2, 0.25) is 0 Å². The first kappa shape index (κ1) is 14.0. The summed E-state index contributed by atoms with van der Waals surface area (Å²) in [7, 11) is 1.80. The Bertz CT molecular complexity index is 310. The van der Waals surface area contributed by atoms with E-state index in [9.17, 15) is 10.2 Å². The molecule has 0 aromatic carbocycles. The average molecular weight is 253 g/mol. The molecule has 0 amide bonds. The van der Waals surface area contributed by atoms with Crippen LogP contribution in [0, 0.1) is 23.7 Å². The Labute approximate surface area is 110 Å². The van der Waals surface area contributed by atoms with Crippen LogP contribution >= 0.6 is 0 Å². The van der Waals surface area contributed by atoms with Crippen LogP contribution in [0.5, 0.6) is 0 Å². The van der Waals surface area contributed by atoms with E-state index in [2.05, 4.69) is 25.2 Å². The fraction of sp³-hybridized carbons (Fsp3) is 0.867. The predicted molar refractivity (Wildman–Crippen MR) is 72.9 cm³/mol. The largest absolute Gasteiger partial charge is 0.367 e. The monoisotopic (exact) mass is 253 g/mol. The van der Waals surface area contributed by atoms with Gasteiger partial charge in [-0.1, -0.05) is 31.9 Å². The first-order valence-electron chi connectivity index (χ1n) is 7.29. The van der Waals surface area contributed by atoms with Gasteiger partial charge in [0.05, 0.1) is 6.04 Å². The molecule has 0 saturated heterocycles. The average Bonchev–Trinajstić information content (AvgIpc) is 2.91. The Balaban J connectivity index is 2.09. The number of nitrogens with one attached hydrogen (secondary N) is 1. The maximum atomic E-state index is 9.47. The molecule has 0 heterocycles. The van der Waals surface area contributed by atoms with E-state index in [1.165, 1.54) is 31.3 Å². The molecule has 4 atom stereocenters. The zero-order valence-electron chi connectivity index (χ0n) is 11.8. The van der Waals surface area contributed by atoms with Gasteiger partial charge in [-0.2, -0.15) is 0 Å². The van der Waals surface area contributed by atoms with E-state index in [0.717, 1.165) is 11.8 Å².